The fourth-order valence-corrected chi connectivity index (χ4v) is 5.58. The topological polar surface area (TPSA) is 108 Å². The predicted molar refractivity (Wildman–Crippen MR) is 159 cm³/mol. The third-order valence-corrected chi connectivity index (χ3v) is 7.90. The minimum absolute atomic E-state index is 0.00234. The lowest BCUT2D eigenvalue weighted by molar-refractivity contribution is -0.131. The van der Waals surface area contributed by atoms with Crippen LogP contribution in [0.5, 0.6) is 5.75 Å². The van der Waals surface area contributed by atoms with Crippen molar-refractivity contribution >= 4 is 40.7 Å². The van der Waals surface area contributed by atoms with Crippen molar-refractivity contribution in [2.24, 2.45) is 11.7 Å². The Balaban J connectivity index is 1.38. The molecule has 0 aromatic heterocycles. The normalized spacial score (nSPS) is 18.3. The molecule has 3 amide bonds. The molecule has 0 aliphatic carbocycles. The fraction of sp³-hybridized carbons (Fsp3) is 0.467. The second-order valence-corrected chi connectivity index (χ2v) is 10.8. The number of hydrogen-bond donors (Lipinski definition) is 2. The van der Waals surface area contributed by atoms with E-state index in [-0.39, 0.29) is 30.1 Å². The van der Waals surface area contributed by atoms with Crippen LogP contribution in [0.25, 0.3) is 0 Å². The maximum atomic E-state index is 13.6. The van der Waals surface area contributed by atoms with Gasteiger partial charge in [-0.3, -0.25) is 19.3 Å². The van der Waals surface area contributed by atoms with Crippen LogP contribution in [0.1, 0.15) is 44.6 Å². The quantitative estimate of drug-likeness (QED) is 0.359. The number of thiocarbonyl (C=S) groups is 1. The van der Waals surface area contributed by atoms with Crippen molar-refractivity contribution in [1.82, 2.24) is 14.7 Å². The Kier molecular flexibility index (Phi) is 10.5. The van der Waals surface area contributed by atoms with E-state index in [9.17, 15) is 14.4 Å². The molecule has 4 rings (SSSR count). The Hall–Kier alpha value is -3.50. The van der Waals surface area contributed by atoms with Crippen LogP contribution in [0.4, 0.5) is 5.69 Å². The zero-order valence-electron chi connectivity index (χ0n) is 23.1. The summed E-state index contributed by atoms with van der Waals surface area (Å²) in [6.45, 7) is 6.08. The molecule has 0 saturated carbocycles. The van der Waals surface area contributed by atoms with Crippen LogP contribution in [-0.2, 0) is 20.9 Å². The van der Waals surface area contributed by atoms with Gasteiger partial charge in [0.15, 0.2) is 5.11 Å². The molecule has 214 valence electrons. The van der Waals surface area contributed by atoms with Gasteiger partial charge in [0.05, 0.1) is 19.6 Å². The molecule has 0 spiro atoms. The Bertz CT molecular complexity index is 1170. The lowest BCUT2D eigenvalue weighted by atomic mass is 9.96. The number of carbonyl (C=O) groups excluding carboxylic acids is 3. The number of ether oxygens (including phenoxy) is 1. The van der Waals surface area contributed by atoms with Crippen LogP contribution in [0.3, 0.4) is 0 Å². The van der Waals surface area contributed by atoms with Gasteiger partial charge in [-0.25, -0.2) is 0 Å². The largest absolute Gasteiger partial charge is 0.494 e. The first-order chi connectivity index (χ1) is 19.4. The Morgan fingerprint density at radius 2 is 1.75 bits per heavy atom. The number of anilines is 1. The summed E-state index contributed by atoms with van der Waals surface area (Å²) in [7, 11) is 0. The van der Waals surface area contributed by atoms with Crippen LogP contribution >= 0.6 is 12.2 Å². The number of primary amides is 1. The zero-order chi connectivity index (χ0) is 28.5. The first kappa shape index (κ1) is 29.5. The average Bonchev–Trinajstić information content (AvgIpc) is 3.17. The third-order valence-electron chi connectivity index (χ3n) is 7.44. The molecule has 9 nitrogen and oxygen atoms in total. The summed E-state index contributed by atoms with van der Waals surface area (Å²) in [6, 6.07) is 16.3. The van der Waals surface area contributed by atoms with Crippen molar-refractivity contribution in [1.29, 1.82) is 0 Å². The fourth-order valence-electron chi connectivity index (χ4n) is 5.20. The second-order valence-electron chi connectivity index (χ2n) is 10.4. The molecular weight excluding hydrogens is 526 g/mol. The van der Waals surface area contributed by atoms with Crippen molar-refractivity contribution in [2.75, 3.05) is 38.1 Å². The van der Waals surface area contributed by atoms with E-state index in [1.807, 2.05) is 54.3 Å². The summed E-state index contributed by atoms with van der Waals surface area (Å²) in [5.41, 5.74) is 7.09. The first-order valence-corrected chi connectivity index (χ1v) is 14.5. The Labute approximate surface area is 241 Å². The van der Waals surface area contributed by atoms with Gasteiger partial charge in [0.25, 0.3) is 5.91 Å². The third kappa shape index (κ3) is 7.79. The van der Waals surface area contributed by atoms with Gasteiger partial charge in [-0.1, -0.05) is 37.3 Å². The predicted octanol–water partition coefficient (Wildman–Crippen LogP) is 3.39. The lowest BCUT2D eigenvalue weighted by Gasteiger charge is -2.31. The molecule has 2 fully saturated rings. The number of likely N-dealkylation sites (tertiary alicyclic amines) is 1. The standard InChI is InChI=1S/C30H39N5O4S/c1-2-19-39-25-11-9-24(10-12-25)32-27(36)20-26-29(38)35(21-22-7-4-3-5-8-22)30(40)34(26)16-6-15-33-17-13-23(14-18-33)28(31)37/h3-5,7-12,23,26H,2,6,13-21H2,1H3,(H2,31,37)(H,32,36)/t26-/m1/s1. The van der Waals surface area contributed by atoms with Gasteiger partial charge < -0.3 is 25.6 Å². The van der Waals surface area contributed by atoms with Crippen LogP contribution in [-0.4, -0.2) is 76.4 Å². The summed E-state index contributed by atoms with van der Waals surface area (Å²) in [5, 5.41) is 3.37. The van der Waals surface area contributed by atoms with Crippen LogP contribution in [0.15, 0.2) is 54.6 Å². The molecule has 10 heteroatoms. The molecule has 3 N–H and O–H groups in total. The minimum Gasteiger partial charge on any atom is -0.494 e. The molecule has 0 bridgehead atoms. The van der Waals surface area contributed by atoms with E-state index in [1.165, 1.54) is 0 Å². The molecule has 2 aromatic carbocycles. The van der Waals surface area contributed by atoms with Gasteiger partial charge in [-0.05, 0) is 87.4 Å². The van der Waals surface area contributed by atoms with E-state index in [2.05, 4.69) is 10.2 Å². The SMILES string of the molecule is CCCOc1ccc(NC(=O)C[C@@H]2C(=O)N(Cc3ccccc3)C(=S)N2CCCN2CCC(C(N)=O)CC2)cc1. The molecule has 0 unspecified atom stereocenters. The van der Waals surface area contributed by atoms with Crippen LogP contribution in [0, 0.1) is 5.92 Å². The van der Waals surface area contributed by atoms with Crippen molar-refractivity contribution in [2.45, 2.75) is 51.6 Å². The molecule has 40 heavy (non-hydrogen) atoms. The number of nitrogens with two attached hydrogens (primary N) is 1. The summed E-state index contributed by atoms with van der Waals surface area (Å²) in [4.78, 5) is 43.9. The number of nitrogens with zero attached hydrogens (tertiary/aromatic N) is 3. The molecule has 2 heterocycles. The molecule has 2 aliphatic heterocycles. The lowest BCUT2D eigenvalue weighted by Crippen LogP contribution is -2.41. The summed E-state index contributed by atoms with van der Waals surface area (Å²) >= 11 is 5.78. The molecule has 0 radical (unpaired) electrons. The van der Waals surface area contributed by atoms with E-state index >= 15 is 0 Å². The maximum Gasteiger partial charge on any atom is 0.252 e. The molecule has 2 aromatic rings. The van der Waals surface area contributed by atoms with Crippen molar-refractivity contribution < 1.29 is 19.1 Å². The number of piperidine rings is 1. The summed E-state index contributed by atoms with van der Waals surface area (Å²) in [6.07, 6.45) is 3.25. The van der Waals surface area contributed by atoms with Crippen LogP contribution in [0.2, 0.25) is 0 Å². The van der Waals surface area contributed by atoms with Crippen molar-refractivity contribution in [3.05, 3.63) is 60.2 Å². The van der Waals surface area contributed by atoms with E-state index in [0.29, 0.717) is 30.5 Å². The van der Waals surface area contributed by atoms with Gasteiger partial charge in [-0.15, -0.1) is 0 Å². The van der Waals surface area contributed by atoms with E-state index in [0.717, 1.165) is 56.6 Å². The second kappa shape index (κ2) is 14.2. The maximum absolute atomic E-state index is 13.6. The van der Waals surface area contributed by atoms with Gasteiger partial charge in [0, 0.05) is 18.2 Å². The van der Waals surface area contributed by atoms with E-state index in [1.54, 1.807) is 17.0 Å². The number of carbonyl (C=O) groups is 3. The first-order valence-electron chi connectivity index (χ1n) is 14.1. The monoisotopic (exact) mass is 565 g/mol. The summed E-state index contributed by atoms with van der Waals surface area (Å²) < 4.78 is 5.61. The number of benzene rings is 2. The molecule has 2 saturated heterocycles. The summed E-state index contributed by atoms with van der Waals surface area (Å²) in [5.74, 6) is 0.0753. The minimum atomic E-state index is -0.663. The van der Waals surface area contributed by atoms with E-state index in [4.69, 9.17) is 22.7 Å². The highest BCUT2D eigenvalue weighted by Gasteiger charge is 2.43. The highest BCUT2D eigenvalue weighted by atomic mass is 32.1. The zero-order valence-corrected chi connectivity index (χ0v) is 23.9. The van der Waals surface area contributed by atoms with Gasteiger partial charge >= 0.3 is 0 Å². The number of nitrogens with one attached hydrogen (secondary N) is 1. The highest BCUT2D eigenvalue weighted by Crippen LogP contribution is 2.25. The number of hydrogen-bond acceptors (Lipinski definition) is 6. The van der Waals surface area contributed by atoms with E-state index < -0.39 is 6.04 Å². The number of rotatable bonds is 13. The Morgan fingerprint density at radius 3 is 2.40 bits per heavy atom. The molecular formula is C30H39N5O4S. The van der Waals surface area contributed by atoms with Crippen molar-refractivity contribution in [3.8, 4) is 5.75 Å². The van der Waals surface area contributed by atoms with Gasteiger partial charge in [0.2, 0.25) is 11.8 Å². The Morgan fingerprint density at radius 1 is 1.05 bits per heavy atom. The average molecular weight is 566 g/mol. The molecule has 2 aliphatic rings. The van der Waals surface area contributed by atoms with Gasteiger partial charge in [0.1, 0.15) is 11.8 Å². The number of amides is 3. The smallest absolute Gasteiger partial charge is 0.252 e. The van der Waals surface area contributed by atoms with Crippen LogP contribution < -0.4 is 15.8 Å². The van der Waals surface area contributed by atoms with Crippen molar-refractivity contribution in [3.63, 3.8) is 0 Å². The highest BCUT2D eigenvalue weighted by molar-refractivity contribution is 7.80. The van der Waals surface area contributed by atoms with Gasteiger partial charge in [-0.2, -0.15) is 0 Å². The molecule has 1 atom stereocenters.